The van der Waals surface area contributed by atoms with Crippen molar-refractivity contribution in [3.8, 4) is 11.4 Å². The van der Waals surface area contributed by atoms with E-state index in [1.54, 1.807) is 12.1 Å². The molecule has 0 radical (unpaired) electrons. The fourth-order valence-electron chi connectivity index (χ4n) is 1.91. The van der Waals surface area contributed by atoms with Gasteiger partial charge in [-0.15, -0.1) is 0 Å². The number of nitrogens with one attached hydrogen (secondary N) is 1. The van der Waals surface area contributed by atoms with Crippen molar-refractivity contribution in [2.45, 2.75) is 13.5 Å². The molecule has 0 saturated carbocycles. The molecule has 0 fully saturated rings. The molecule has 2 heterocycles. The molecule has 1 N–H and O–H groups in total. The first-order valence-corrected chi connectivity index (χ1v) is 6.91. The highest BCUT2D eigenvalue weighted by atomic mass is 35.5. The minimum Gasteiger partial charge on any atom is -0.336 e. The molecule has 7 heteroatoms. The van der Waals surface area contributed by atoms with Gasteiger partial charge >= 0.3 is 6.01 Å². The molecular formula is C14H14ClN5O. The predicted octanol–water partition coefficient (Wildman–Crippen LogP) is 3.01. The first-order valence-electron chi connectivity index (χ1n) is 6.53. The molecule has 0 saturated heterocycles. The van der Waals surface area contributed by atoms with Crippen LogP contribution < -0.4 is 5.32 Å². The van der Waals surface area contributed by atoms with Gasteiger partial charge in [-0.3, -0.25) is 4.68 Å². The van der Waals surface area contributed by atoms with Crippen molar-refractivity contribution in [3.05, 3.63) is 47.2 Å². The van der Waals surface area contributed by atoms with Crippen molar-refractivity contribution < 1.29 is 4.52 Å². The zero-order valence-corrected chi connectivity index (χ0v) is 12.2. The van der Waals surface area contributed by atoms with Crippen molar-refractivity contribution in [3.63, 3.8) is 0 Å². The zero-order valence-electron chi connectivity index (χ0n) is 11.5. The molecule has 6 nitrogen and oxygen atoms in total. The van der Waals surface area contributed by atoms with Gasteiger partial charge in [-0.2, -0.15) is 10.1 Å². The predicted molar refractivity (Wildman–Crippen MR) is 80.2 cm³/mol. The molecule has 0 amide bonds. The fraction of sp³-hybridized carbons (Fsp3) is 0.214. The lowest BCUT2D eigenvalue weighted by atomic mass is 10.2. The van der Waals surface area contributed by atoms with E-state index in [1.165, 1.54) is 0 Å². The van der Waals surface area contributed by atoms with Gasteiger partial charge in [-0.1, -0.05) is 28.9 Å². The van der Waals surface area contributed by atoms with E-state index >= 15 is 0 Å². The minimum absolute atomic E-state index is 0.383. The van der Waals surface area contributed by atoms with Crippen molar-refractivity contribution in [1.29, 1.82) is 0 Å². The summed E-state index contributed by atoms with van der Waals surface area (Å²) in [5.74, 6) is 0.509. The summed E-state index contributed by atoms with van der Waals surface area (Å²) in [4.78, 5) is 4.28. The third-order valence-corrected chi connectivity index (χ3v) is 3.12. The van der Waals surface area contributed by atoms with Gasteiger partial charge in [-0.05, 0) is 24.6 Å². The molecule has 0 aliphatic rings. The van der Waals surface area contributed by atoms with Gasteiger partial charge < -0.3 is 9.84 Å². The third-order valence-electron chi connectivity index (χ3n) is 2.89. The number of hydrogen-bond acceptors (Lipinski definition) is 5. The standard InChI is InChI=1S/C14H14ClN5O/c1-10-8-17-20(9-10)6-5-16-14-18-13(19-21-14)11-3-2-4-12(15)7-11/h2-4,7-9H,5-6H2,1H3,(H,16,18,19). The van der Waals surface area contributed by atoms with E-state index in [1.807, 2.05) is 36.1 Å². The van der Waals surface area contributed by atoms with E-state index < -0.39 is 0 Å². The van der Waals surface area contributed by atoms with Crippen LogP contribution in [0, 0.1) is 6.92 Å². The van der Waals surface area contributed by atoms with Gasteiger partial charge in [0.05, 0.1) is 12.7 Å². The quantitative estimate of drug-likeness (QED) is 0.784. The number of benzene rings is 1. The van der Waals surface area contributed by atoms with E-state index in [9.17, 15) is 0 Å². The summed E-state index contributed by atoms with van der Waals surface area (Å²) in [5, 5.41) is 11.8. The Morgan fingerprint density at radius 3 is 3.05 bits per heavy atom. The molecule has 0 aliphatic heterocycles. The summed E-state index contributed by atoms with van der Waals surface area (Å²) in [6.45, 7) is 3.38. The second-order valence-electron chi connectivity index (χ2n) is 4.64. The van der Waals surface area contributed by atoms with E-state index in [0.717, 1.165) is 17.7 Å². The average molecular weight is 304 g/mol. The lowest BCUT2D eigenvalue weighted by Gasteiger charge is -2.01. The highest BCUT2D eigenvalue weighted by Crippen LogP contribution is 2.20. The van der Waals surface area contributed by atoms with Crippen molar-refractivity contribution >= 4 is 17.6 Å². The van der Waals surface area contributed by atoms with Crippen molar-refractivity contribution in [2.24, 2.45) is 0 Å². The van der Waals surface area contributed by atoms with E-state index in [4.69, 9.17) is 16.1 Å². The summed E-state index contributed by atoms with van der Waals surface area (Å²) < 4.78 is 7.01. The van der Waals surface area contributed by atoms with Crippen LogP contribution in [0.2, 0.25) is 5.02 Å². The second-order valence-corrected chi connectivity index (χ2v) is 5.08. The third kappa shape index (κ3) is 3.41. The van der Waals surface area contributed by atoms with Crippen LogP contribution >= 0.6 is 11.6 Å². The molecule has 3 aromatic rings. The number of aromatic nitrogens is 4. The first kappa shape index (κ1) is 13.6. The Hall–Kier alpha value is -2.34. The lowest BCUT2D eigenvalue weighted by Crippen LogP contribution is -2.10. The van der Waals surface area contributed by atoms with Crippen LogP contribution in [-0.4, -0.2) is 26.5 Å². The van der Waals surface area contributed by atoms with Crippen LogP contribution in [0.3, 0.4) is 0 Å². The molecule has 108 valence electrons. The van der Waals surface area contributed by atoms with Crippen LogP contribution in [0.1, 0.15) is 5.56 Å². The van der Waals surface area contributed by atoms with E-state index in [-0.39, 0.29) is 0 Å². The highest BCUT2D eigenvalue weighted by molar-refractivity contribution is 6.30. The van der Waals surface area contributed by atoms with Crippen molar-refractivity contribution in [2.75, 3.05) is 11.9 Å². The summed E-state index contributed by atoms with van der Waals surface area (Å²) >= 11 is 5.94. The Morgan fingerprint density at radius 2 is 2.29 bits per heavy atom. The van der Waals surface area contributed by atoms with Gasteiger partial charge in [0.2, 0.25) is 5.82 Å². The molecule has 0 spiro atoms. The molecular weight excluding hydrogens is 290 g/mol. The van der Waals surface area contributed by atoms with E-state index in [2.05, 4.69) is 20.6 Å². The molecule has 1 aromatic carbocycles. The number of anilines is 1. The SMILES string of the molecule is Cc1cnn(CCNc2nc(-c3cccc(Cl)c3)no2)c1. The van der Waals surface area contributed by atoms with Gasteiger partial charge in [0, 0.05) is 23.3 Å². The van der Waals surface area contributed by atoms with Crippen molar-refractivity contribution in [1.82, 2.24) is 19.9 Å². The number of nitrogens with zero attached hydrogens (tertiary/aromatic N) is 4. The van der Waals surface area contributed by atoms with Gasteiger partial charge in [0.15, 0.2) is 0 Å². The monoisotopic (exact) mass is 303 g/mol. The topological polar surface area (TPSA) is 68.8 Å². The maximum Gasteiger partial charge on any atom is 0.321 e. The minimum atomic E-state index is 0.383. The molecule has 21 heavy (non-hydrogen) atoms. The lowest BCUT2D eigenvalue weighted by molar-refractivity contribution is 0.430. The number of hydrogen-bond donors (Lipinski definition) is 1. The van der Waals surface area contributed by atoms with Crippen LogP contribution in [0.25, 0.3) is 11.4 Å². The summed E-state index contributed by atoms with van der Waals surface area (Å²) in [6, 6.07) is 7.71. The Kier molecular flexibility index (Phi) is 3.87. The molecule has 2 aromatic heterocycles. The molecule has 0 unspecified atom stereocenters. The van der Waals surface area contributed by atoms with Crippen LogP contribution in [0.5, 0.6) is 0 Å². The summed E-state index contributed by atoms with van der Waals surface area (Å²) in [6.07, 6.45) is 3.80. The number of aryl methyl sites for hydroxylation is 1. The summed E-state index contributed by atoms with van der Waals surface area (Å²) in [7, 11) is 0. The molecule has 0 atom stereocenters. The number of rotatable bonds is 5. The van der Waals surface area contributed by atoms with Gasteiger partial charge in [0.25, 0.3) is 0 Å². The Labute approximate surface area is 126 Å². The molecule has 0 aliphatic carbocycles. The van der Waals surface area contributed by atoms with Gasteiger partial charge in [0.1, 0.15) is 0 Å². The highest BCUT2D eigenvalue weighted by Gasteiger charge is 2.08. The molecule has 0 bridgehead atoms. The first-order chi connectivity index (χ1) is 10.2. The largest absolute Gasteiger partial charge is 0.336 e. The average Bonchev–Trinajstić information content (AvgIpc) is 3.08. The normalized spacial score (nSPS) is 10.8. The second kappa shape index (κ2) is 5.97. The Balaban J connectivity index is 1.60. The Bertz CT molecular complexity index is 736. The van der Waals surface area contributed by atoms with Crippen LogP contribution in [-0.2, 0) is 6.54 Å². The smallest absolute Gasteiger partial charge is 0.321 e. The number of halogens is 1. The maximum atomic E-state index is 5.94. The fourth-order valence-corrected chi connectivity index (χ4v) is 2.10. The van der Waals surface area contributed by atoms with Crippen LogP contribution in [0.4, 0.5) is 6.01 Å². The maximum absolute atomic E-state index is 5.94. The molecule has 3 rings (SSSR count). The Morgan fingerprint density at radius 1 is 1.38 bits per heavy atom. The summed E-state index contributed by atoms with van der Waals surface area (Å²) in [5.41, 5.74) is 1.96. The van der Waals surface area contributed by atoms with Gasteiger partial charge in [-0.25, -0.2) is 0 Å². The van der Waals surface area contributed by atoms with Crippen LogP contribution in [0.15, 0.2) is 41.2 Å². The zero-order chi connectivity index (χ0) is 14.7. The van der Waals surface area contributed by atoms with E-state index in [0.29, 0.717) is 23.4 Å².